The van der Waals surface area contributed by atoms with E-state index in [0.717, 1.165) is 6.07 Å². The molecule has 2 aromatic rings. The molecule has 6 heteroatoms. The summed E-state index contributed by atoms with van der Waals surface area (Å²) in [6, 6.07) is 8.04. The number of hydrogen-bond acceptors (Lipinski definition) is 3. The fourth-order valence-electron chi connectivity index (χ4n) is 2.15. The fourth-order valence-corrected chi connectivity index (χ4v) is 2.15. The van der Waals surface area contributed by atoms with E-state index in [1.165, 1.54) is 30.3 Å². The number of nitrogens with two attached hydrogens (primary N) is 1. The molecule has 0 aliphatic heterocycles. The van der Waals surface area contributed by atoms with Crippen molar-refractivity contribution in [3.63, 3.8) is 0 Å². The van der Waals surface area contributed by atoms with Gasteiger partial charge in [-0.15, -0.1) is 0 Å². The van der Waals surface area contributed by atoms with E-state index in [0.29, 0.717) is 12.2 Å². The number of nitrogen functional groups attached to an aromatic ring is 1. The highest BCUT2D eigenvalue weighted by Gasteiger charge is 2.21. The molecule has 0 unspecified atom stereocenters. The Morgan fingerprint density at radius 2 is 1.81 bits per heavy atom. The van der Waals surface area contributed by atoms with Gasteiger partial charge in [-0.3, -0.25) is 0 Å². The molecular formula is C15H14F2N2O2. The molecule has 0 saturated heterocycles. The maximum absolute atomic E-state index is 13.5. The number of aromatic carboxylic acids is 1. The summed E-state index contributed by atoms with van der Waals surface area (Å²) in [5, 5.41) is 9.27. The van der Waals surface area contributed by atoms with Crippen LogP contribution < -0.4 is 10.6 Å². The number of nitrogens with zero attached hydrogens (tertiary/aromatic N) is 1. The molecule has 0 fully saturated rings. The molecule has 0 spiro atoms. The molecule has 0 amide bonds. The molecule has 0 bridgehead atoms. The summed E-state index contributed by atoms with van der Waals surface area (Å²) in [7, 11) is 0. The highest BCUT2D eigenvalue weighted by atomic mass is 19.1. The van der Waals surface area contributed by atoms with Crippen molar-refractivity contribution in [3.05, 3.63) is 53.6 Å². The minimum Gasteiger partial charge on any atom is -0.478 e. The molecule has 2 aromatic carbocycles. The zero-order chi connectivity index (χ0) is 15.6. The van der Waals surface area contributed by atoms with Crippen molar-refractivity contribution in [2.75, 3.05) is 17.2 Å². The molecule has 0 aromatic heterocycles. The molecule has 0 aliphatic carbocycles. The van der Waals surface area contributed by atoms with Gasteiger partial charge in [-0.2, -0.15) is 0 Å². The lowest BCUT2D eigenvalue weighted by molar-refractivity contribution is 0.0698. The van der Waals surface area contributed by atoms with Crippen LogP contribution in [0.3, 0.4) is 0 Å². The van der Waals surface area contributed by atoms with Crippen LogP contribution in [0.15, 0.2) is 36.4 Å². The molecule has 0 atom stereocenters. The number of halogens is 2. The van der Waals surface area contributed by atoms with Crippen molar-refractivity contribution in [2.45, 2.75) is 6.92 Å². The summed E-state index contributed by atoms with van der Waals surface area (Å²) >= 11 is 0. The van der Waals surface area contributed by atoms with Gasteiger partial charge in [0.05, 0.1) is 11.4 Å². The van der Waals surface area contributed by atoms with Gasteiger partial charge in [-0.1, -0.05) is 0 Å². The van der Waals surface area contributed by atoms with Gasteiger partial charge in [0.2, 0.25) is 0 Å². The number of hydrogen-bond donors (Lipinski definition) is 2. The second-order valence-electron chi connectivity index (χ2n) is 4.38. The predicted molar refractivity (Wildman–Crippen MR) is 76.9 cm³/mol. The van der Waals surface area contributed by atoms with Gasteiger partial charge in [0.1, 0.15) is 17.2 Å². The number of carboxylic acid groups (broad SMARTS) is 1. The third-order valence-electron chi connectivity index (χ3n) is 3.13. The first kappa shape index (κ1) is 14.8. The topological polar surface area (TPSA) is 66.6 Å². The highest BCUT2D eigenvalue weighted by Crippen LogP contribution is 2.33. The summed E-state index contributed by atoms with van der Waals surface area (Å²) in [5.41, 5.74) is 5.67. The third kappa shape index (κ3) is 2.79. The first-order valence-electron chi connectivity index (χ1n) is 6.30. The van der Waals surface area contributed by atoms with E-state index < -0.39 is 23.3 Å². The van der Waals surface area contributed by atoms with Gasteiger partial charge >= 0.3 is 5.97 Å². The molecule has 0 aliphatic rings. The van der Waals surface area contributed by atoms with Crippen molar-refractivity contribution < 1.29 is 18.7 Å². The maximum atomic E-state index is 13.5. The molecule has 4 nitrogen and oxygen atoms in total. The van der Waals surface area contributed by atoms with E-state index in [1.807, 2.05) is 0 Å². The Morgan fingerprint density at radius 3 is 2.33 bits per heavy atom. The lowest BCUT2D eigenvalue weighted by atomic mass is 10.1. The highest BCUT2D eigenvalue weighted by molar-refractivity contribution is 6.01. The van der Waals surface area contributed by atoms with Crippen molar-refractivity contribution in [1.29, 1.82) is 0 Å². The Morgan fingerprint density at radius 1 is 1.19 bits per heavy atom. The summed E-state index contributed by atoms with van der Waals surface area (Å²) in [4.78, 5) is 13.0. The molecule has 0 heterocycles. The number of rotatable bonds is 4. The molecule has 3 N–H and O–H groups in total. The molecule has 0 saturated carbocycles. The quantitative estimate of drug-likeness (QED) is 0.848. The van der Waals surface area contributed by atoms with Crippen LogP contribution in [0.1, 0.15) is 17.3 Å². The average molecular weight is 292 g/mol. The first-order chi connectivity index (χ1) is 9.95. The monoisotopic (exact) mass is 292 g/mol. The van der Waals surface area contributed by atoms with Crippen LogP contribution >= 0.6 is 0 Å². The zero-order valence-corrected chi connectivity index (χ0v) is 11.3. The van der Waals surface area contributed by atoms with E-state index in [2.05, 4.69) is 0 Å². The molecule has 0 radical (unpaired) electrons. The van der Waals surface area contributed by atoms with Crippen LogP contribution in [0, 0.1) is 11.6 Å². The Bertz CT molecular complexity index is 672. The van der Waals surface area contributed by atoms with Gasteiger partial charge in [-0.05, 0) is 43.3 Å². The van der Waals surface area contributed by atoms with E-state index in [9.17, 15) is 18.7 Å². The molecule has 2 rings (SSSR count). The Labute approximate surface area is 120 Å². The maximum Gasteiger partial charge on any atom is 0.340 e. The Kier molecular flexibility index (Phi) is 4.07. The van der Waals surface area contributed by atoms with Gasteiger partial charge in [0.15, 0.2) is 0 Å². The van der Waals surface area contributed by atoms with E-state index in [1.54, 1.807) is 11.8 Å². The Balaban J connectivity index is 2.60. The molecule has 110 valence electrons. The minimum absolute atomic E-state index is 0.260. The smallest absolute Gasteiger partial charge is 0.340 e. The molecular weight excluding hydrogens is 278 g/mol. The molecule has 21 heavy (non-hydrogen) atoms. The zero-order valence-electron chi connectivity index (χ0n) is 11.3. The summed E-state index contributed by atoms with van der Waals surface area (Å²) in [6.45, 7) is 2.21. The van der Waals surface area contributed by atoms with E-state index >= 15 is 0 Å². The summed E-state index contributed by atoms with van der Waals surface area (Å²) in [6.07, 6.45) is 0. The van der Waals surface area contributed by atoms with Crippen LogP contribution in [-0.2, 0) is 0 Å². The standard InChI is InChI=1S/C15H14F2N2O2/c1-2-19(10-5-3-9(16)4-6-10)12-8-7-11(17)14(18)13(12)15(20)21/h3-8H,2,18H2,1H3,(H,20,21). The second kappa shape index (κ2) is 5.78. The van der Waals surface area contributed by atoms with Crippen molar-refractivity contribution in [3.8, 4) is 0 Å². The summed E-state index contributed by atoms with van der Waals surface area (Å²) in [5.74, 6) is -2.50. The number of benzene rings is 2. The largest absolute Gasteiger partial charge is 0.478 e. The van der Waals surface area contributed by atoms with Crippen molar-refractivity contribution in [1.82, 2.24) is 0 Å². The Hall–Kier alpha value is -2.63. The second-order valence-corrected chi connectivity index (χ2v) is 4.38. The minimum atomic E-state index is -1.32. The lowest BCUT2D eigenvalue weighted by Gasteiger charge is -2.25. The SMILES string of the molecule is CCN(c1ccc(F)cc1)c1ccc(F)c(N)c1C(=O)O. The predicted octanol–water partition coefficient (Wildman–Crippen LogP) is 3.40. The first-order valence-corrected chi connectivity index (χ1v) is 6.30. The normalized spacial score (nSPS) is 10.4. The van der Waals surface area contributed by atoms with Crippen LogP contribution in [0.4, 0.5) is 25.8 Å². The number of carboxylic acids is 1. The van der Waals surface area contributed by atoms with Crippen LogP contribution in [0.2, 0.25) is 0 Å². The van der Waals surface area contributed by atoms with Gasteiger partial charge in [-0.25, -0.2) is 13.6 Å². The third-order valence-corrected chi connectivity index (χ3v) is 3.13. The number of anilines is 3. The van der Waals surface area contributed by atoms with E-state index in [4.69, 9.17) is 5.73 Å². The lowest BCUT2D eigenvalue weighted by Crippen LogP contribution is -2.20. The average Bonchev–Trinajstić information content (AvgIpc) is 2.45. The van der Waals surface area contributed by atoms with Crippen LogP contribution in [0.25, 0.3) is 0 Å². The van der Waals surface area contributed by atoms with E-state index in [-0.39, 0.29) is 11.3 Å². The van der Waals surface area contributed by atoms with Crippen LogP contribution in [0.5, 0.6) is 0 Å². The van der Waals surface area contributed by atoms with Gasteiger partial charge < -0.3 is 15.7 Å². The number of carbonyl (C=O) groups is 1. The van der Waals surface area contributed by atoms with Gasteiger partial charge in [0, 0.05) is 12.2 Å². The van der Waals surface area contributed by atoms with Crippen molar-refractivity contribution >= 4 is 23.0 Å². The van der Waals surface area contributed by atoms with Crippen LogP contribution in [-0.4, -0.2) is 17.6 Å². The summed E-state index contributed by atoms with van der Waals surface area (Å²) < 4.78 is 26.5. The fraction of sp³-hybridized carbons (Fsp3) is 0.133. The van der Waals surface area contributed by atoms with Gasteiger partial charge in [0.25, 0.3) is 0 Å². The van der Waals surface area contributed by atoms with Crippen molar-refractivity contribution in [2.24, 2.45) is 0 Å².